The third-order valence-corrected chi connectivity index (χ3v) is 6.87. The molecule has 4 rings (SSSR count). The van der Waals surface area contributed by atoms with Crippen LogP contribution in [0.25, 0.3) is 0 Å². The molecule has 1 aliphatic carbocycles. The summed E-state index contributed by atoms with van der Waals surface area (Å²) >= 11 is 6.09. The average molecular weight is 399 g/mol. The molecule has 1 saturated carbocycles. The van der Waals surface area contributed by atoms with Gasteiger partial charge in [-0.25, -0.2) is 0 Å². The normalized spacial score (nSPS) is 23.9. The molecule has 1 spiro atoms. The van der Waals surface area contributed by atoms with Crippen LogP contribution in [-0.4, -0.2) is 30.3 Å². The number of rotatable bonds is 7. The van der Waals surface area contributed by atoms with E-state index >= 15 is 0 Å². The van der Waals surface area contributed by atoms with Gasteiger partial charge in [0.1, 0.15) is 0 Å². The standard InChI is InChI=1S/C24H31ClN2O/c25-21-7-5-6-20(18-21)9-15-26-16-12-23(22-8-1-4-14-27-22)13-17-28-24(19-23)10-2-3-11-24/h1,4-8,14,18,26H,2-3,9-13,15-17,19H2/t23-/m0/s1. The summed E-state index contributed by atoms with van der Waals surface area (Å²) in [4.78, 5) is 4.79. The number of benzene rings is 1. The molecule has 28 heavy (non-hydrogen) atoms. The zero-order chi connectivity index (χ0) is 19.3. The van der Waals surface area contributed by atoms with Crippen LogP contribution in [-0.2, 0) is 16.6 Å². The fourth-order valence-corrected chi connectivity index (χ4v) is 5.39. The van der Waals surface area contributed by atoms with Crippen molar-refractivity contribution in [2.75, 3.05) is 19.7 Å². The Labute approximate surface area is 173 Å². The average Bonchev–Trinajstić information content (AvgIpc) is 3.16. The predicted molar refractivity (Wildman–Crippen MR) is 115 cm³/mol. The van der Waals surface area contributed by atoms with E-state index in [1.807, 2.05) is 24.4 Å². The van der Waals surface area contributed by atoms with Crippen molar-refractivity contribution in [1.29, 1.82) is 0 Å². The van der Waals surface area contributed by atoms with E-state index in [0.29, 0.717) is 0 Å². The third-order valence-electron chi connectivity index (χ3n) is 6.63. The van der Waals surface area contributed by atoms with Crippen LogP contribution in [0.5, 0.6) is 0 Å². The number of halogens is 1. The highest BCUT2D eigenvalue weighted by molar-refractivity contribution is 6.30. The number of nitrogens with zero attached hydrogens (tertiary/aromatic N) is 1. The van der Waals surface area contributed by atoms with Gasteiger partial charge < -0.3 is 10.1 Å². The maximum absolute atomic E-state index is 6.34. The second kappa shape index (κ2) is 8.94. The van der Waals surface area contributed by atoms with Crippen LogP contribution in [0.4, 0.5) is 0 Å². The SMILES string of the molecule is Clc1cccc(CCNCC[C@]2(c3ccccn3)CCOC3(CCCC3)C2)c1. The molecule has 1 aliphatic heterocycles. The third kappa shape index (κ3) is 4.59. The molecule has 2 aliphatic rings. The summed E-state index contributed by atoms with van der Waals surface area (Å²) in [5.41, 5.74) is 2.76. The molecule has 1 aromatic carbocycles. The van der Waals surface area contributed by atoms with E-state index in [-0.39, 0.29) is 11.0 Å². The summed E-state index contributed by atoms with van der Waals surface area (Å²) in [6.45, 7) is 2.84. The summed E-state index contributed by atoms with van der Waals surface area (Å²) in [5.74, 6) is 0. The molecule has 1 N–H and O–H groups in total. The van der Waals surface area contributed by atoms with Gasteiger partial charge in [0, 0.05) is 28.9 Å². The van der Waals surface area contributed by atoms with Gasteiger partial charge in [-0.2, -0.15) is 0 Å². The number of hydrogen-bond donors (Lipinski definition) is 1. The fourth-order valence-electron chi connectivity index (χ4n) is 5.17. The second-order valence-electron chi connectivity index (χ2n) is 8.54. The van der Waals surface area contributed by atoms with Crippen molar-refractivity contribution in [3.8, 4) is 0 Å². The maximum atomic E-state index is 6.34. The van der Waals surface area contributed by atoms with Crippen molar-refractivity contribution in [3.63, 3.8) is 0 Å². The summed E-state index contributed by atoms with van der Waals surface area (Å²) in [6.07, 6.45) is 11.3. The minimum absolute atomic E-state index is 0.0938. The maximum Gasteiger partial charge on any atom is 0.0691 e. The summed E-state index contributed by atoms with van der Waals surface area (Å²) in [5, 5.41) is 4.48. The zero-order valence-corrected chi connectivity index (χ0v) is 17.4. The number of aromatic nitrogens is 1. The lowest BCUT2D eigenvalue weighted by molar-refractivity contribution is -0.104. The Morgan fingerprint density at radius 2 is 1.93 bits per heavy atom. The van der Waals surface area contributed by atoms with Gasteiger partial charge in [-0.15, -0.1) is 0 Å². The molecule has 2 fully saturated rings. The van der Waals surface area contributed by atoms with Crippen LogP contribution in [0.1, 0.15) is 56.2 Å². The van der Waals surface area contributed by atoms with Crippen molar-refractivity contribution >= 4 is 11.6 Å². The Morgan fingerprint density at radius 1 is 1.04 bits per heavy atom. The lowest BCUT2D eigenvalue weighted by atomic mass is 9.68. The minimum atomic E-state index is 0.0938. The Kier molecular flexibility index (Phi) is 6.35. The molecule has 150 valence electrons. The molecule has 1 atom stereocenters. The highest BCUT2D eigenvalue weighted by Crippen LogP contribution is 2.49. The first kappa shape index (κ1) is 19.9. The number of hydrogen-bond acceptors (Lipinski definition) is 3. The first-order valence-corrected chi connectivity index (χ1v) is 11.1. The molecule has 1 aromatic heterocycles. The van der Waals surface area contributed by atoms with Crippen LogP contribution in [0.2, 0.25) is 5.02 Å². The van der Waals surface area contributed by atoms with E-state index < -0.39 is 0 Å². The van der Waals surface area contributed by atoms with Gasteiger partial charge in [0.25, 0.3) is 0 Å². The highest BCUT2D eigenvalue weighted by Gasteiger charge is 2.48. The summed E-state index contributed by atoms with van der Waals surface area (Å²) < 4.78 is 6.34. The smallest absolute Gasteiger partial charge is 0.0691 e. The highest BCUT2D eigenvalue weighted by atomic mass is 35.5. The first-order valence-electron chi connectivity index (χ1n) is 10.7. The van der Waals surface area contributed by atoms with E-state index in [1.165, 1.54) is 36.9 Å². The van der Waals surface area contributed by atoms with Crippen molar-refractivity contribution in [1.82, 2.24) is 10.3 Å². The van der Waals surface area contributed by atoms with E-state index in [4.69, 9.17) is 21.3 Å². The molecule has 0 unspecified atom stereocenters. The van der Waals surface area contributed by atoms with Crippen molar-refractivity contribution in [2.24, 2.45) is 0 Å². The van der Waals surface area contributed by atoms with Gasteiger partial charge >= 0.3 is 0 Å². The molecule has 0 radical (unpaired) electrons. The Morgan fingerprint density at radius 3 is 2.71 bits per heavy atom. The molecule has 2 aromatic rings. The molecule has 1 saturated heterocycles. The quantitative estimate of drug-likeness (QED) is 0.641. The second-order valence-corrected chi connectivity index (χ2v) is 8.98. The van der Waals surface area contributed by atoms with Gasteiger partial charge in [-0.3, -0.25) is 4.98 Å². The lowest BCUT2D eigenvalue weighted by Crippen LogP contribution is -2.47. The number of ether oxygens (including phenoxy) is 1. The van der Waals surface area contributed by atoms with E-state index in [0.717, 1.165) is 50.4 Å². The molecule has 2 heterocycles. The molecule has 0 bridgehead atoms. The monoisotopic (exact) mass is 398 g/mol. The van der Waals surface area contributed by atoms with Gasteiger partial charge in [0.15, 0.2) is 0 Å². The minimum Gasteiger partial charge on any atom is -0.375 e. The topological polar surface area (TPSA) is 34.2 Å². The Bertz CT molecular complexity index is 760. The summed E-state index contributed by atoms with van der Waals surface area (Å²) in [6, 6.07) is 14.5. The molecule has 0 amide bonds. The summed E-state index contributed by atoms with van der Waals surface area (Å²) in [7, 11) is 0. The zero-order valence-electron chi connectivity index (χ0n) is 16.6. The van der Waals surface area contributed by atoms with Crippen LogP contribution in [0, 0.1) is 0 Å². The molecule has 4 heteroatoms. The van der Waals surface area contributed by atoms with Gasteiger partial charge in [-0.1, -0.05) is 42.6 Å². The Balaban J connectivity index is 1.39. The lowest BCUT2D eigenvalue weighted by Gasteiger charge is -2.46. The van der Waals surface area contributed by atoms with Crippen LogP contribution >= 0.6 is 11.6 Å². The largest absolute Gasteiger partial charge is 0.375 e. The predicted octanol–water partition coefficient (Wildman–Crippen LogP) is 5.32. The van der Waals surface area contributed by atoms with Gasteiger partial charge in [0.2, 0.25) is 0 Å². The van der Waals surface area contributed by atoms with Crippen molar-refractivity contribution in [2.45, 2.75) is 62.4 Å². The number of pyridine rings is 1. The van der Waals surface area contributed by atoms with E-state index in [2.05, 4.69) is 29.6 Å². The van der Waals surface area contributed by atoms with E-state index in [9.17, 15) is 0 Å². The van der Waals surface area contributed by atoms with Crippen molar-refractivity contribution < 1.29 is 4.74 Å². The molecular weight excluding hydrogens is 368 g/mol. The first-order chi connectivity index (χ1) is 13.7. The van der Waals surface area contributed by atoms with Gasteiger partial charge in [0.05, 0.1) is 5.60 Å². The van der Waals surface area contributed by atoms with Crippen LogP contribution in [0.15, 0.2) is 48.7 Å². The molecule has 3 nitrogen and oxygen atoms in total. The molecular formula is C24H31ClN2O. The van der Waals surface area contributed by atoms with Gasteiger partial charge in [-0.05, 0) is 81.4 Å². The van der Waals surface area contributed by atoms with Crippen LogP contribution in [0.3, 0.4) is 0 Å². The van der Waals surface area contributed by atoms with Crippen molar-refractivity contribution in [3.05, 3.63) is 64.9 Å². The fraction of sp³-hybridized carbons (Fsp3) is 0.542. The van der Waals surface area contributed by atoms with E-state index in [1.54, 1.807) is 0 Å². The van der Waals surface area contributed by atoms with Crippen LogP contribution < -0.4 is 5.32 Å². The number of nitrogens with one attached hydrogen (secondary N) is 1. The Hall–Kier alpha value is -1.42.